The molecule has 6 heterocycles. The number of H-pyrrole nitrogens is 1. The second-order valence-corrected chi connectivity index (χ2v) is 10.5. The van der Waals surface area contributed by atoms with Crippen molar-refractivity contribution in [3.63, 3.8) is 0 Å². The highest BCUT2D eigenvalue weighted by atomic mass is 35.5. The molecule has 2 amide bonds. The minimum Gasteiger partial charge on any atom is -0.408 e. The van der Waals surface area contributed by atoms with Gasteiger partial charge in [-0.3, -0.25) is 24.7 Å². The Hall–Kier alpha value is -4.72. The molecule has 2 aliphatic rings. The van der Waals surface area contributed by atoms with Crippen molar-refractivity contribution < 1.29 is 23.8 Å². The Bertz CT molecular complexity index is 1700. The Labute approximate surface area is 290 Å². The van der Waals surface area contributed by atoms with Gasteiger partial charge in [-0.1, -0.05) is 23.2 Å². The van der Waals surface area contributed by atoms with E-state index in [4.69, 9.17) is 54.3 Å². The maximum atomic E-state index is 12.2. The highest BCUT2D eigenvalue weighted by molar-refractivity contribution is 6.62. The number of nitriles is 1. The molecule has 0 atom stereocenters. The van der Waals surface area contributed by atoms with E-state index in [0.29, 0.717) is 75.1 Å². The molecule has 2 fully saturated rings. The van der Waals surface area contributed by atoms with Gasteiger partial charge >= 0.3 is 11.5 Å². The molecule has 0 saturated carbocycles. The van der Waals surface area contributed by atoms with Gasteiger partial charge in [0.1, 0.15) is 16.5 Å². The van der Waals surface area contributed by atoms with Crippen molar-refractivity contribution in [2.45, 2.75) is 6.92 Å². The van der Waals surface area contributed by atoms with E-state index in [9.17, 15) is 14.4 Å². The van der Waals surface area contributed by atoms with Crippen LogP contribution in [0.4, 0.5) is 9.59 Å². The second-order valence-electron chi connectivity index (χ2n) is 9.34. The van der Waals surface area contributed by atoms with Gasteiger partial charge in [0.05, 0.1) is 32.5 Å². The highest BCUT2D eigenvalue weighted by Gasteiger charge is 2.21. The lowest BCUT2D eigenvalue weighted by atomic mass is 10.2. The van der Waals surface area contributed by atoms with Crippen LogP contribution >= 0.6 is 34.8 Å². The Balaban J connectivity index is 0.000000205. The summed E-state index contributed by atoms with van der Waals surface area (Å²) in [5.74, 6) is 0.254. The van der Waals surface area contributed by atoms with Crippen LogP contribution in [0.1, 0.15) is 6.92 Å². The van der Waals surface area contributed by atoms with Crippen molar-refractivity contribution in [1.82, 2.24) is 40.2 Å². The number of carbonyl (C=O) groups excluding carboxylic acids is 2. The summed E-state index contributed by atoms with van der Waals surface area (Å²) in [6.07, 6.45) is 6.01. The summed E-state index contributed by atoms with van der Waals surface area (Å²) in [7, 11) is 0. The van der Waals surface area contributed by atoms with E-state index in [1.165, 1.54) is 19.1 Å². The lowest BCUT2D eigenvalue weighted by molar-refractivity contribution is 0.0416. The molecule has 0 bridgehead atoms. The predicted octanol–water partition coefficient (Wildman–Crippen LogP) is 4.72. The molecule has 1 N–H and O–H groups in total. The summed E-state index contributed by atoms with van der Waals surface area (Å²) >= 11 is 16.6. The molecule has 0 spiro atoms. The van der Waals surface area contributed by atoms with Gasteiger partial charge in [0, 0.05) is 81.1 Å². The third-order valence-corrected chi connectivity index (χ3v) is 6.71. The molecular formula is C30H30Cl3N9O6. The number of ether oxygens (including phenoxy) is 3. The van der Waals surface area contributed by atoms with Crippen LogP contribution in [0.3, 0.4) is 0 Å². The first-order valence-corrected chi connectivity index (χ1v) is 15.3. The van der Waals surface area contributed by atoms with Crippen LogP contribution in [0.25, 0.3) is 22.5 Å². The molecule has 15 nitrogen and oxygen atoms in total. The second kappa shape index (κ2) is 20.5. The molecule has 18 heteroatoms. The van der Waals surface area contributed by atoms with E-state index in [1.54, 1.807) is 64.9 Å². The number of hydrogen-bond donors (Lipinski definition) is 1. The van der Waals surface area contributed by atoms with Gasteiger partial charge in [-0.05, 0) is 35.9 Å². The number of amides is 2. The van der Waals surface area contributed by atoms with E-state index < -0.39 is 6.09 Å². The fourth-order valence-electron chi connectivity index (χ4n) is 3.87. The quantitative estimate of drug-likeness (QED) is 0.227. The molecule has 0 aliphatic carbocycles. The number of carbonyl (C=O) groups is 2. The number of pyridine rings is 2. The first-order valence-electron chi connectivity index (χ1n) is 14.2. The zero-order chi connectivity index (χ0) is 34.7. The van der Waals surface area contributed by atoms with E-state index >= 15 is 0 Å². The maximum absolute atomic E-state index is 12.2. The zero-order valence-electron chi connectivity index (χ0n) is 25.6. The van der Waals surface area contributed by atoms with Gasteiger partial charge in [-0.25, -0.2) is 4.79 Å². The zero-order valence-corrected chi connectivity index (χ0v) is 27.9. The number of aromatic amines is 1. The molecule has 4 aromatic rings. The summed E-state index contributed by atoms with van der Waals surface area (Å²) in [5.41, 5.74) is 1.88. The minimum absolute atomic E-state index is 0.150. The average molecular weight is 719 g/mol. The summed E-state index contributed by atoms with van der Waals surface area (Å²) < 4.78 is 15.6. The first kappa shape index (κ1) is 37.7. The molecule has 48 heavy (non-hydrogen) atoms. The van der Waals surface area contributed by atoms with Crippen molar-refractivity contribution in [2.24, 2.45) is 0 Å². The summed E-state index contributed by atoms with van der Waals surface area (Å²) in [6, 6.07) is 11.6. The van der Waals surface area contributed by atoms with E-state index in [1.807, 2.05) is 0 Å². The van der Waals surface area contributed by atoms with Crippen LogP contribution in [0.2, 0.25) is 10.3 Å². The van der Waals surface area contributed by atoms with Crippen molar-refractivity contribution >= 4 is 46.3 Å². The Morgan fingerprint density at radius 1 is 0.896 bits per heavy atom. The van der Waals surface area contributed by atoms with Crippen molar-refractivity contribution in [1.29, 1.82) is 5.26 Å². The fourth-order valence-corrected chi connectivity index (χ4v) is 4.31. The molecule has 0 radical (unpaired) electrons. The van der Waals surface area contributed by atoms with E-state index in [0.717, 1.165) is 0 Å². The van der Waals surface area contributed by atoms with E-state index in [-0.39, 0.29) is 26.9 Å². The molecule has 4 aromatic heterocycles. The average Bonchev–Trinajstić information content (AvgIpc) is 3.11. The summed E-state index contributed by atoms with van der Waals surface area (Å²) in [5, 5.41) is 21.5. The van der Waals surface area contributed by atoms with Gasteiger partial charge < -0.3 is 24.0 Å². The molecule has 6 rings (SSSR count). The summed E-state index contributed by atoms with van der Waals surface area (Å²) in [6.45, 7) is 5.89. The van der Waals surface area contributed by atoms with Crippen LogP contribution in [0.5, 0.6) is 5.75 Å². The van der Waals surface area contributed by atoms with Gasteiger partial charge in [0.25, 0.3) is 0 Å². The predicted molar refractivity (Wildman–Crippen MR) is 177 cm³/mol. The van der Waals surface area contributed by atoms with Gasteiger partial charge in [-0.2, -0.15) is 10.4 Å². The Morgan fingerprint density at radius 2 is 1.44 bits per heavy atom. The van der Waals surface area contributed by atoms with Crippen LogP contribution in [-0.4, -0.2) is 104 Å². The normalized spacial score (nSPS) is 13.6. The standard InChI is InChI=1S/C14H13ClN4O3.C9H6ClN3O.C5H8ClNO2.C2H3N/c15-12-8-11(22-14(20)19-4-6-21-7-5-19)13(18-17-12)10-2-1-3-16-9-10;10-8-4-7(14)9(13-12-8)6-2-1-3-11-5-6;6-5(8)7-1-3-9-4-2-7;1-2-3/h1-3,8-9H,4-7H2;1-5H,(H,12,14);1-4H2;1H3. The topological polar surface area (TPSA) is 189 Å². The molecular weight excluding hydrogens is 689 g/mol. The smallest absolute Gasteiger partial charge is 0.408 e. The van der Waals surface area contributed by atoms with Gasteiger partial charge in [0.15, 0.2) is 10.9 Å². The molecule has 0 unspecified atom stereocenters. The van der Waals surface area contributed by atoms with Crippen LogP contribution in [-0.2, 0) is 9.47 Å². The highest BCUT2D eigenvalue weighted by Crippen LogP contribution is 2.29. The van der Waals surface area contributed by atoms with Crippen LogP contribution < -0.4 is 10.2 Å². The van der Waals surface area contributed by atoms with Gasteiger partial charge in [-0.15, -0.1) is 10.2 Å². The maximum Gasteiger partial charge on any atom is 0.415 e. The third kappa shape index (κ3) is 12.5. The largest absolute Gasteiger partial charge is 0.415 e. The van der Waals surface area contributed by atoms with Crippen molar-refractivity contribution in [3.05, 3.63) is 81.7 Å². The SMILES string of the molecule is CC#N.O=C(Cl)N1CCOCC1.O=C(Oc1cc(Cl)nnc1-c1cccnc1)N1CCOCC1.O=c1cc(Cl)[nH]nc1-c1cccnc1. The molecule has 2 saturated heterocycles. The lowest BCUT2D eigenvalue weighted by Crippen LogP contribution is -2.42. The number of nitrogens with one attached hydrogen (secondary N) is 1. The number of hydrogen-bond acceptors (Lipinski definition) is 12. The van der Waals surface area contributed by atoms with Crippen LogP contribution in [0, 0.1) is 11.3 Å². The van der Waals surface area contributed by atoms with Crippen LogP contribution in [0.15, 0.2) is 66.0 Å². The number of nitrogens with zero attached hydrogens (tertiary/aromatic N) is 8. The Morgan fingerprint density at radius 3 is 1.92 bits per heavy atom. The third-order valence-electron chi connectivity index (χ3n) is 6.09. The van der Waals surface area contributed by atoms with Crippen molar-refractivity contribution in [3.8, 4) is 34.3 Å². The molecule has 2 aliphatic heterocycles. The molecule has 252 valence electrons. The lowest BCUT2D eigenvalue weighted by Gasteiger charge is -2.26. The Kier molecular flexibility index (Phi) is 16.1. The first-order chi connectivity index (χ1) is 23.2. The number of halogens is 3. The molecule has 0 aromatic carbocycles. The monoisotopic (exact) mass is 717 g/mol. The summed E-state index contributed by atoms with van der Waals surface area (Å²) in [4.78, 5) is 45.1. The number of morpholine rings is 2. The number of aromatic nitrogens is 6. The van der Waals surface area contributed by atoms with E-state index in [2.05, 4.69) is 30.4 Å². The number of rotatable bonds is 3. The van der Waals surface area contributed by atoms with Gasteiger partial charge in [0.2, 0.25) is 5.43 Å². The van der Waals surface area contributed by atoms with Crippen molar-refractivity contribution in [2.75, 3.05) is 52.6 Å². The minimum atomic E-state index is -0.461. The fraction of sp³-hybridized carbons (Fsp3) is 0.300.